The molecule has 0 bridgehead atoms. The Balaban J connectivity index is 1.99. The fourth-order valence-corrected chi connectivity index (χ4v) is 7.23. The van der Waals surface area contributed by atoms with Gasteiger partial charge in [-0.3, -0.25) is 14.4 Å². The molecular formula is C44H60N2O12S2. The number of hydrogen-bond donors (Lipinski definition) is 3. The van der Waals surface area contributed by atoms with Crippen molar-refractivity contribution in [3.63, 3.8) is 0 Å². The first kappa shape index (κ1) is 49.5. The molecule has 2 amide bonds. The topological polar surface area (TPSA) is 189 Å². The number of rotatable bonds is 25. The van der Waals surface area contributed by atoms with E-state index >= 15 is 0 Å². The van der Waals surface area contributed by atoms with Gasteiger partial charge in [0.2, 0.25) is 17.2 Å². The molecule has 14 nitrogen and oxygen atoms in total. The van der Waals surface area contributed by atoms with Gasteiger partial charge >= 0.3 is 11.9 Å². The maximum Gasteiger partial charge on any atom is 0.328 e. The first-order chi connectivity index (χ1) is 28.7. The molecule has 0 unspecified atom stereocenters. The summed E-state index contributed by atoms with van der Waals surface area (Å²) in [5.74, 6) is 0.303. The molecule has 0 aliphatic carbocycles. The van der Waals surface area contributed by atoms with Gasteiger partial charge in [-0.1, -0.05) is 23.3 Å². The second-order valence-corrected chi connectivity index (χ2v) is 16.5. The van der Waals surface area contributed by atoms with Gasteiger partial charge in [0.1, 0.15) is 40.1 Å². The zero-order valence-corrected chi connectivity index (χ0v) is 37.8. The first-order valence-electron chi connectivity index (χ1n) is 19.8. The van der Waals surface area contributed by atoms with E-state index < -0.39 is 29.5 Å². The van der Waals surface area contributed by atoms with Crippen molar-refractivity contribution in [3.8, 4) is 23.0 Å². The molecule has 0 aliphatic rings. The highest BCUT2D eigenvalue weighted by Crippen LogP contribution is 2.42. The Morgan fingerprint density at radius 2 is 1.20 bits per heavy atom. The number of phenols is 1. The molecule has 1 heterocycles. The van der Waals surface area contributed by atoms with Gasteiger partial charge in [0.25, 0.3) is 0 Å². The van der Waals surface area contributed by atoms with Crippen LogP contribution in [0.4, 0.5) is 0 Å². The molecule has 3 N–H and O–H groups in total. The van der Waals surface area contributed by atoms with Crippen LogP contribution < -0.4 is 30.3 Å². The normalized spacial score (nSPS) is 11.9. The third-order valence-corrected chi connectivity index (χ3v) is 10.7. The smallest absolute Gasteiger partial charge is 0.328 e. The number of aromatic hydroxyl groups is 1. The van der Waals surface area contributed by atoms with E-state index in [4.69, 9.17) is 28.1 Å². The maximum atomic E-state index is 14.5. The van der Waals surface area contributed by atoms with E-state index in [1.54, 1.807) is 35.7 Å². The van der Waals surface area contributed by atoms with Crippen molar-refractivity contribution < 1.29 is 52.4 Å². The van der Waals surface area contributed by atoms with Crippen LogP contribution in [0.5, 0.6) is 23.0 Å². The van der Waals surface area contributed by atoms with Crippen molar-refractivity contribution in [2.75, 3.05) is 58.6 Å². The van der Waals surface area contributed by atoms with E-state index in [1.165, 1.54) is 21.3 Å². The fraction of sp³-hybridized carbons (Fsp3) is 0.523. The number of hydrogen-bond acceptors (Lipinski definition) is 14. The molecule has 16 heteroatoms. The molecule has 60 heavy (non-hydrogen) atoms. The number of fused-ring (bicyclic) bond motifs is 2. The van der Waals surface area contributed by atoms with Gasteiger partial charge in [-0.25, -0.2) is 9.59 Å². The SMILES string of the molecule is COC(=O)[C@@H](CCSC)NC(=O)CCCOc1cc2oc3cc(OCCCC(=O)N[C@H](CCSC)C(=O)OC)c(OC)c(CC=C(C)C)c3c(=O)c2c(O)c1CC=C(C)C. The van der Waals surface area contributed by atoms with Gasteiger partial charge in [-0.2, -0.15) is 23.5 Å². The Kier molecular flexibility index (Phi) is 20.7. The van der Waals surface area contributed by atoms with E-state index in [1.807, 2.05) is 52.4 Å². The Labute approximate surface area is 360 Å². The lowest BCUT2D eigenvalue weighted by Crippen LogP contribution is -2.41. The molecule has 0 fully saturated rings. The summed E-state index contributed by atoms with van der Waals surface area (Å²) in [6, 6.07) is 1.64. The molecule has 0 saturated carbocycles. The quantitative estimate of drug-likeness (QED) is 0.0348. The second-order valence-electron chi connectivity index (χ2n) is 14.5. The monoisotopic (exact) mass is 872 g/mol. The molecule has 3 aromatic rings. The summed E-state index contributed by atoms with van der Waals surface area (Å²) in [6.07, 6.45) is 9.88. The number of carbonyl (C=O) groups excluding carboxylic acids is 4. The van der Waals surface area contributed by atoms with Crippen molar-refractivity contribution in [1.82, 2.24) is 10.6 Å². The van der Waals surface area contributed by atoms with Crippen molar-refractivity contribution in [2.24, 2.45) is 0 Å². The van der Waals surface area contributed by atoms with Crippen LogP contribution in [0.3, 0.4) is 0 Å². The summed E-state index contributed by atoms with van der Waals surface area (Å²) in [6.45, 7) is 7.91. The highest BCUT2D eigenvalue weighted by Gasteiger charge is 2.26. The summed E-state index contributed by atoms with van der Waals surface area (Å²) >= 11 is 3.12. The van der Waals surface area contributed by atoms with E-state index in [0.29, 0.717) is 66.2 Å². The van der Waals surface area contributed by atoms with E-state index in [2.05, 4.69) is 10.6 Å². The summed E-state index contributed by atoms with van der Waals surface area (Å²) < 4.78 is 34.3. The number of methoxy groups -OCH3 is 3. The third kappa shape index (κ3) is 14.1. The number of allylic oxidation sites excluding steroid dienone is 4. The number of nitrogens with one attached hydrogen (secondary N) is 2. The van der Waals surface area contributed by atoms with Crippen molar-refractivity contribution in [3.05, 3.63) is 56.8 Å². The van der Waals surface area contributed by atoms with Crippen LogP contribution in [0.15, 0.2) is 44.6 Å². The van der Waals surface area contributed by atoms with Gasteiger partial charge in [-0.05, 0) is 90.2 Å². The van der Waals surface area contributed by atoms with Crippen molar-refractivity contribution >= 4 is 69.2 Å². The number of thioether (sulfide) groups is 2. The predicted octanol–water partition coefficient (Wildman–Crippen LogP) is 6.82. The van der Waals surface area contributed by atoms with Gasteiger partial charge in [0.05, 0.1) is 39.9 Å². The van der Waals surface area contributed by atoms with E-state index in [0.717, 1.165) is 11.1 Å². The van der Waals surface area contributed by atoms with Gasteiger partial charge in [0.15, 0.2) is 11.5 Å². The van der Waals surface area contributed by atoms with Crippen LogP contribution in [-0.4, -0.2) is 99.5 Å². The molecule has 0 aliphatic heterocycles. The average Bonchev–Trinajstić information content (AvgIpc) is 3.21. The highest BCUT2D eigenvalue weighted by molar-refractivity contribution is 7.98. The van der Waals surface area contributed by atoms with Crippen LogP contribution in [0, 0.1) is 0 Å². The minimum absolute atomic E-state index is 0.0200. The van der Waals surface area contributed by atoms with Crippen molar-refractivity contribution in [1.29, 1.82) is 0 Å². The molecular weight excluding hydrogens is 813 g/mol. The molecule has 2 atom stereocenters. The largest absolute Gasteiger partial charge is 0.507 e. The lowest BCUT2D eigenvalue weighted by Gasteiger charge is -2.18. The highest BCUT2D eigenvalue weighted by atomic mass is 32.2. The molecule has 2 aromatic carbocycles. The van der Waals surface area contributed by atoms with Crippen LogP contribution in [0.25, 0.3) is 21.9 Å². The lowest BCUT2D eigenvalue weighted by atomic mass is 9.98. The Hall–Kier alpha value is -4.83. The standard InChI is InChI=1S/C44H60N2O12S2/c1-26(2)14-16-28-32(56-20-10-12-36(47)45-30(18-22-59-8)43(51)54-6)24-34-39(40(28)49)41(50)38-29(17-15-27(3)4)42(53-5)35(25-33(38)58-34)57-21-11-13-37(48)46-31(19-23-60-9)44(52)55-7/h14-15,24-25,30-31,49H,10-13,16-23H2,1-9H3,(H,45,47)(H,46,48)/t30-,31-/m1/s1. The summed E-state index contributed by atoms with van der Waals surface area (Å²) in [7, 11) is 4.04. The summed E-state index contributed by atoms with van der Waals surface area (Å²) in [5, 5.41) is 17.5. The number of phenolic OH excluding ortho intramolecular Hbond substituents is 1. The van der Waals surface area contributed by atoms with Gasteiger partial charge in [-0.15, -0.1) is 0 Å². The predicted molar refractivity (Wildman–Crippen MR) is 238 cm³/mol. The van der Waals surface area contributed by atoms with Crippen LogP contribution in [0.2, 0.25) is 0 Å². The minimum atomic E-state index is -0.747. The minimum Gasteiger partial charge on any atom is -0.507 e. The number of ether oxygens (including phenoxy) is 5. The zero-order valence-electron chi connectivity index (χ0n) is 36.2. The molecule has 0 spiro atoms. The Morgan fingerprint density at radius 3 is 1.67 bits per heavy atom. The molecule has 0 saturated heterocycles. The molecule has 1 aromatic heterocycles. The summed E-state index contributed by atoms with van der Waals surface area (Å²) in [4.78, 5) is 64.4. The Bertz CT molecular complexity index is 2090. The van der Waals surface area contributed by atoms with Crippen LogP contribution >= 0.6 is 23.5 Å². The zero-order chi connectivity index (χ0) is 44.4. The molecule has 3 rings (SSSR count). The number of carbonyl (C=O) groups is 4. The number of benzene rings is 2. The molecule has 330 valence electrons. The first-order valence-corrected chi connectivity index (χ1v) is 22.6. The molecule has 0 radical (unpaired) electrons. The van der Waals surface area contributed by atoms with Crippen molar-refractivity contribution in [2.45, 2.75) is 91.1 Å². The van der Waals surface area contributed by atoms with Crippen LogP contribution in [-0.2, 0) is 41.5 Å². The number of esters is 2. The lowest BCUT2D eigenvalue weighted by molar-refractivity contribution is -0.145. The second kappa shape index (κ2) is 25.1. The van der Waals surface area contributed by atoms with Gasteiger partial charge in [0, 0.05) is 36.1 Å². The van der Waals surface area contributed by atoms with Crippen LogP contribution in [0.1, 0.15) is 77.3 Å². The fourth-order valence-electron chi connectivity index (χ4n) is 6.28. The summed E-state index contributed by atoms with van der Waals surface area (Å²) in [5.41, 5.74) is 2.67. The third-order valence-electron chi connectivity index (χ3n) is 9.42. The average molecular weight is 873 g/mol. The Morgan fingerprint density at radius 1 is 0.733 bits per heavy atom. The van der Waals surface area contributed by atoms with E-state index in [-0.39, 0.29) is 77.7 Å². The van der Waals surface area contributed by atoms with Gasteiger partial charge < -0.3 is 43.8 Å². The maximum absolute atomic E-state index is 14.5. The number of amides is 2. The van der Waals surface area contributed by atoms with E-state index in [9.17, 15) is 29.1 Å².